The van der Waals surface area contributed by atoms with Gasteiger partial charge in [-0.2, -0.15) is 11.8 Å². The largest absolute Gasteiger partial charge is 0.444 e. The van der Waals surface area contributed by atoms with E-state index in [-0.39, 0.29) is 11.7 Å². The fraction of sp³-hybridized carbons (Fsp3) is 0.545. The number of anilines is 1. The van der Waals surface area contributed by atoms with E-state index in [1.807, 2.05) is 0 Å². The van der Waals surface area contributed by atoms with Crippen molar-refractivity contribution < 1.29 is 28.7 Å². The number of esters is 1. The number of thioether (sulfide) groups is 1. The zero-order chi connectivity index (χ0) is 23.8. The lowest BCUT2D eigenvalue weighted by Crippen LogP contribution is -2.54. The molecule has 174 valence electrons. The number of fused-ring (bicyclic) bond motifs is 2. The molecule has 1 fully saturated rings. The van der Waals surface area contributed by atoms with E-state index in [1.54, 1.807) is 65.3 Å². The first-order chi connectivity index (χ1) is 14.9. The van der Waals surface area contributed by atoms with Crippen LogP contribution in [0.3, 0.4) is 0 Å². The summed E-state index contributed by atoms with van der Waals surface area (Å²) in [5, 5.41) is 5.23. The lowest BCUT2D eigenvalue weighted by molar-refractivity contribution is -0.159. The minimum absolute atomic E-state index is 0.275. The summed E-state index contributed by atoms with van der Waals surface area (Å²) in [7, 11) is 1.63. The van der Waals surface area contributed by atoms with Gasteiger partial charge in [0, 0.05) is 24.3 Å². The predicted octanol–water partition coefficient (Wildman–Crippen LogP) is 1.79. The average Bonchev–Trinajstić information content (AvgIpc) is 3.07. The molecule has 3 amide bonds. The second kappa shape index (κ2) is 8.65. The van der Waals surface area contributed by atoms with Crippen molar-refractivity contribution in [2.75, 3.05) is 24.0 Å². The maximum absolute atomic E-state index is 13.1. The van der Waals surface area contributed by atoms with Gasteiger partial charge in [-0.1, -0.05) is 25.1 Å². The third-order valence-corrected chi connectivity index (χ3v) is 6.25. The Kier molecular flexibility index (Phi) is 6.46. The van der Waals surface area contributed by atoms with Gasteiger partial charge in [0.15, 0.2) is 0 Å². The van der Waals surface area contributed by atoms with E-state index in [1.165, 1.54) is 16.7 Å². The molecule has 0 radical (unpaired) electrons. The van der Waals surface area contributed by atoms with Gasteiger partial charge in [0.25, 0.3) is 5.91 Å². The third kappa shape index (κ3) is 4.15. The predicted molar refractivity (Wildman–Crippen MR) is 120 cm³/mol. The number of nitrogens with one attached hydrogen (secondary N) is 2. The van der Waals surface area contributed by atoms with Gasteiger partial charge in [-0.15, -0.1) is 0 Å². The normalized spacial score (nSPS) is 25.4. The summed E-state index contributed by atoms with van der Waals surface area (Å²) in [6.07, 6.45) is 1.06. The molecule has 0 aromatic heterocycles. The number of carbonyl (C=O) groups is 4. The minimum Gasteiger partial charge on any atom is -0.444 e. The molecule has 0 aliphatic carbocycles. The minimum atomic E-state index is -1.49. The molecule has 1 aromatic rings. The molecule has 2 N–H and O–H groups in total. The van der Waals surface area contributed by atoms with Crippen molar-refractivity contribution in [3.63, 3.8) is 0 Å². The van der Waals surface area contributed by atoms with E-state index in [4.69, 9.17) is 9.47 Å². The van der Waals surface area contributed by atoms with E-state index >= 15 is 0 Å². The SMILES string of the molecule is CSC[C@H](NC(=O)OC(C)(C)C)C(=O)N[C@@H]1C(=O)O[C@]2(C(=O)N(C)c3ccccc32)[C@@H]1C. The van der Waals surface area contributed by atoms with Crippen molar-refractivity contribution >= 4 is 41.3 Å². The summed E-state index contributed by atoms with van der Waals surface area (Å²) in [6, 6.07) is 5.15. The summed E-state index contributed by atoms with van der Waals surface area (Å²) in [5.41, 5.74) is -0.953. The van der Waals surface area contributed by atoms with Crippen LogP contribution < -0.4 is 15.5 Å². The number of carbonyl (C=O) groups excluding carboxylic acids is 4. The Morgan fingerprint density at radius 2 is 1.94 bits per heavy atom. The number of hydrogen-bond donors (Lipinski definition) is 2. The van der Waals surface area contributed by atoms with Crippen molar-refractivity contribution in [1.29, 1.82) is 0 Å². The van der Waals surface area contributed by atoms with E-state index in [9.17, 15) is 19.2 Å². The van der Waals surface area contributed by atoms with Crippen molar-refractivity contribution in [1.82, 2.24) is 10.6 Å². The molecule has 0 bridgehead atoms. The molecular formula is C22H29N3O6S. The smallest absolute Gasteiger partial charge is 0.408 e. The van der Waals surface area contributed by atoms with Crippen LogP contribution in [0.25, 0.3) is 0 Å². The summed E-state index contributed by atoms with van der Waals surface area (Å²) in [4.78, 5) is 52.6. The second-order valence-electron chi connectivity index (χ2n) is 8.97. The van der Waals surface area contributed by atoms with E-state index in [0.29, 0.717) is 11.3 Å². The van der Waals surface area contributed by atoms with Gasteiger partial charge in [-0.05, 0) is 33.1 Å². The summed E-state index contributed by atoms with van der Waals surface area (Å²) in [6.45, 7) is 6.87. The lowest BCUT2D eigenvalue weighted by Gasteiger charge is -2.27. The first-order valence-electron chi connectivity index (χ1n) is 10.3. The number of amides is 3. The highest BCUT2D eigenvalue weighted by molar-refractivity contribution is 7.98. The van der Waals surface area contributed by atoms with Crippen LogP contribution in [0.4, 0.5) is 10.5 Å². The third-order valence-electron chi connectivity index (χ3n) is 5.58. The molecule has 10 heteroatoms. The Morgan fingerprint density at radius 1 is 1.28 bits per heavy atom. The Balaban J connectivity index is 1.80. The van der Waals surface area contributed by atoms with Gasteiger partial charge in [0.2, 0.25) is 11.5 Å². The highest BCUT2D eigenvalue weighted by atomic mass is 32.2. The van der Waals surface area contributed by atoms with Crippen LogP contribution in [0, 0.1) is 5.92 Å². The number of rotatable bonds is 5. The van der Waals surface area contributed by atoms with Crippen molar-refractivity contribution in [2.24, 2.45) is 5.92 Å². The van der Waals surface area contributed by atoms with Crippen molar-refractivity contribution in [3.8, 4) is 0 Å². The van der Waals surface area contributed by atoms with Gasteiger partial charge in [0.05, 0.1) is 5.69 Å². The summed E-state index contributed by atoms with van der Waals surface area (Å²) in [5.74, 6) is -1.98. The maximum atomic E-state index is 13.1. The number of nitrogens with zero attached hydrogens (tertiary/aromatic N) is 1. The van der Waals surface area contributed by atoms with Crippen LogP contribution in [0.2, 0.25) is 0 Å². The van der Waals surface area contributed by atoms with Gasteiger partial charge in [-0.25, -0.2) is 9.59 Å². The van der Waals surface area contributed by atoms with E-state index in [2.05, 4.69) is 10.6 Å². The standard InChI is InChI=1S/C22H29N3O6S/c1-12-16(24-17(26)14(11-32-6)23-20(29)31-21(2,3)4)18(27)30-22(12)13-9-7-8-10-15(13)25(5)19(22)28/h7-10,12,14,16H,11H2,1-6H3,(H,23,29)(H,24,26)/t12-,14+,16+,22-/m1/s1. The number of alkyl carbamates (subject to hydrolysis) is 1. The Hall–Kier alpha value is -2.75. The lowest BCUT2D eigenvalue weighted by atomic mass is 9.81. The molecule has 2 aliphatic heterocycles. The number of hydrogen-bond acceptors (Lipinski definition) is 7. The molecule has 4 atom stereocenters. The summed E-state index contributed by atoms with van der Waals surface area (Å²) >= 11 is 1.36. The van der Waals surface area contributed by atoms with Gasteiger partial charge >= 0.3 is 12.1 Å². The van der Waals surface area contributed by atoms with Gasteiger partial charge in [-0.3, -0.25) is 9.59 Å². The molecule has 1 spiro atoms. The monoisotopic (exact) mass is 463 g/mol. The van der Waals surface area contributed by atoms with Crippen LogP contribution in [0.15, 0.2) is 24.3 Å². The number of benzene rings is 1. The topological polar surface area (TPSA) is 114 Å². The first kappa shape index (κ1) is 23.9. The first-order valence-corrected chi connectivity index (χ1v) is 11.7. The zero-order valence-electron chi connectivity index (χ0n) is 19.1. The molecule has 0 saturated carbocycles. The zero-order valence-corrected chi connectivity index (χ0v) is 19.9. The van der Waals surface area contributed by atoms with E-state index in [0.717, 1.165) is 0 Å². The highest BCUT2D eigenvalue weighted by Crippen LogP contribution is 2.51. The molecule has 32 heavy (non-hydrogen) atoms. The van der Waals surface area contributed by atoms with Crippen LogP contribution in [0.1, 0.15) is 33.3 Å². The molecule has 2 aliphatic rings. The second-order valence-corrected chi connectivity index (χ2v) is 9.88. The Morgan fingerprint density at radius 3 is 2.56 bits per heavy atom. The van der Waals surface area contributed by atoms with Crippen LogP contribution in [-0.2, 0) is 29.5 Å². The number of likely N-dealkylation sites (N-methyl/N-ethyl adjacent to an activating group) is 1. The molecular weight excluding hydrogens is 434 g/mol. The van der Waals surface area contributed by atoms with Crippen molar-refractivity contribution in [3.05, 3.63) is 29.8 Å². The van der Waals surface area contributed by atoms with Crippen LogP contribution >= 0.6 is 11.8 Å². The van der Waals surface area contributed by atoms with Gasteiger partial charge < -0.3 is 25.0 Å². The molecule has 0 unspecified atom stereocenters. The molecule has 1 saturated heterocycles. The van der Waals surface area contributed by atoms with Gasteiger partial charge in [0.1, 0.15) is 17.7 Å². The van der Waals surface area contributed by atoms with E-state index < -0.39 is 47.2 Å². The number of para-hydroxylation sites is 1. The fourth-order valence-electron chi connectivity index (χ4n) is 4.08. The Labute approximate surface area is 191 Å². The fourth-order valence-corrected chi connectivity index (χ4v) is 4.65. The van der Waals surface area contributed by atoms with Crippen LogP contribution in [-0.4, -0.2) is 60.6 Å². The van der Waals surface area contributed by atoms with Crippen molar-refractivity contribution in [2.45, 2.75) is 51.0 Å². The molecule has 2 heterocycles. The molecule has 9 nitrogen and oxygen atoms in total. The Bertz CT molecular complexity index is 946. The highest BCUT2D eigenvalue weighted by Gasteiger charge is 2.64. The molecule has 3 rings (SSSR count). The number of ether oxygens (including phenoxy) is 2. The average molecular weight is 464 g/mol. The quantitative estimate of drug-likeness (QED) is 0.640. The summed E-state index contributed by atoms with van der Waals surface area (Å²) < 4.78 is 10.9. The maximum Gasteiger partial charge on any atom is 0.408 e. The van der Waals surface area contributed by atoms with Crippen LogP contribution in [0.5, 0.6) is 0 Å². The molecule has 1 aromatic carbocycles.